The van der Waals surface area contributed by atoms with Crippen LogP contribution in [-0.2, 0) is 25.6 Å². The number of rotatable bonds is 6. The van der Waals surface area contributed by atoms with Crippen molar-refractivity contribution in [1.82, 2.24) is 10.3 Å². The van der Waals surface area contributed by atoms with E-state index in [2.05, 4.69) is 10.6 Å². The van der Waals surface area contributed by atoms with Gasteiger partial charge in [0.25, 0.3) is 5.91 Å². The predicted molar refractivity (Wildman–Crippen MR) is 107 cm³/mol. The first kappa shape index (κ1) is 19.8. The van der Waals surface area contributed by atoms with E-state index in [0.717, 1.165) is 5.56 Å². The Labute approximate surface area is 178 Å². The smallest absolute Gasteiger partial charge is 0.283 e. The third kappa shape index (κ3) is 2.74. The van der Waals surface area contributed by atoms with Gasteiger partial charge in [-0.1, -0.05) is 11.2 Å². The second-order valence-electron chi connectivity index (χ2n) is 8.43. The molecule has 0 spiro atoms. The third-order valence-corrected chi connectivity index (χ3v) is 7.22. The number of benzene rings is 1. The summed E-state index contributed by atoms with van der Waals surface area (Å²) in [6, 6.07) is 5.54. The Hall–Kier alpha value is -3.14. The van der Waals surface area contributed by atoms with E-state index < -0.39 is 17.7 Å². The van der Waals surface area contributed by atoms with E-state index in [0.29, 0.717) is 30.9 Å². The zero-order valence-corrected chi connectivity index (χ0v) is 17.2. The molecule has 10 nitrogen and oxygen atoms in total. The van der Waals surface area contributed by atoms with Crippen LogP contribution in [0.3, 0.4) is 0 Å². The lowest BCUT2D eigenvalue weighted by Gasteiger charge is -2.29. The van der Waals surface area contributed by atoms with E-state index >= 15 is 0 Å². The lowest BCUT2D eigenvalue weighted by atomic mass is 9.72. The highest BCUT2D eigenvalue weighted by molar-refractivity contribution is 6.40. The highest BCUT2D eigenvalue weighted by Crippen LogP contribution is 2.61. The first-order valence-corrected chi connectivity index (χ1v) is 10.3. The molecule has 3 amide bonds. The number of nitrogens with two attached hydrogens (primary N) is 1. The molecule has 31 heavy (non-hydrogen) atoms. The van der Waals surface area contributed by atoms with Gasteiger partial charge in [0.05, 0.1) is 32.0 Å². The molecule has 0 unspecified atom stereocenters. The number of oxime groups is 1. The van der Waals surface area contributed by atoms with Crippen molar-refractivity contribution < 1.29 is 28.7 Å². The van der Waals surface area contributed by atoms with Crippen molar-refractivity contribution in [3.63, 3.8) is 0 Å². The molecular weight excluding hydrogens is 404 g/mol. The molecule has 1 aromatic rings. The molecule has 0 aromatic heterocycles. The zero-order chi connectivity index (χ0) is 21.9. The SMILES string of the molecule is COc1ccc(CCN2C(=O)[C@@H]3[C@H]4C[C@H]([C@@H]5C(C(=O)NN)=NO[C@@H]45)[C@@H]3C2=O)cc1OC. The Bertz CT molecular complexity index is 994. The highest BCUT2D eigenvalue weighted by atomic mass is 16.6. The Morgan fingerprint density at radius 3 is 2.55 bits per heavy atom. The minimum atomic E-state index is -0.501. The first-order chi connectivity index (χ1) is 15.0. The molecule has 1 aromatic carbocycles. The number of ether oxygens (including phenoxy) is 2. The summed E-state index contributed by atoms with van der Waals surface area (Å²) in [6.07, 6.45) is 0.849. The molecule has 2 heterocycles. The minimum absolute atomic E-state index is 0.116. The van der Waals surface area contributed by atoms with Gasteiger partial charge in [-0.3, -0.25) is 24.7 Å². The van der Waals surface area contributed by atoms with Crippen LogP contribution in [0.15, 0.2) is 23.4 Å². The number of hydrogen-bond donors (Lipinski definition) is 2. The molecule has 1 saturated heterocycles. The van der Waals surface area contributed by atoms with Gasteiger partial charge in [0, 0.05) is 12.5 Å². The second kappa shape index (κ2) is 7.23. The largest absolute Gasteiger partial charge is 0.493 e. The van der Waals surface area contributed by atoms with Crippen LogP contribution in [0.1, 0.15) is 12.0 Å². The Balaban J connectivity index is 1.33. The van der Waals surface area contributed by atoms with Crippen molar-refractivity contribution in [3.8, 4) is 11.5 Å². The fourth-order valence-electron chi connectivity index (χ4n) is 5.95. The predicted octanol–water partition coefficient (Wildman–Crippen LogP) is -0.142. The summed E-state index contributed by atoms with van der Waals surface area (Å²) in [5.74, 6) is 4.29. The fourth-order valence-corrected chi connectivity index (χ4v) is 5.95. The second-order valence-corrected chi connectivity index (χ2v) is 8.43. The molecule has 3 fully saturated rings. The maximum atomic E-state index is 13.2. The van der Waals surface area contributed by atoms with E-state index in [4.69, 9.17) is 20.2 Å². The summed E-state index contributed by atoms with van der Waals surface area (Å²) in [7, 11) is 3.13. The molecule has 3 N–H and O–H groups in total. The number of carbonyl (C=O) groups is 3. The van der Waals surface area contributed by atoms with Crippen LogP contribution in [0.4, 0.5) is 0 Å². The molecule has 6 atom stereocenters. The zero-order valence-electron chi connectivity index (χ0n) is 17.2. The number of imide groups is 1. The van der Waals surface area contributed by atoms with E-state index in [9.17, 15) is 14.4 Å². The highest BCUT2D eigenvalue weighted by Gasteiger charge is 2.70. The summed E-state index contributed by atoms with van der Waals surface area (Å²) in [5.41, 5.74) is 3.25. The lowest BCUT2D eigenvalue weighted by Crippen LogP contribution is -2.46. The van der Waals surface area contributed by atoms with Gasteiger partial charge in [-0.25, -0.2) is 5.84 Å². The maximum Gasteiger partial charge on any atom is 0.283 e. The van der Waals surface area contributed by atoms with Crippen LogP contribution in [0.2, 0.25) is 0 Å². The average Bonchev–Trinajstić information content (AvgIpc) is 3.52. The molecular formula is C21H24N4O6. The number of methoxy groups -OCH3 is 2. The van der Waals surface area contributed by atoms with Gasteiger partial charge >= 0.3 is 0 Å². The lowest BCUT2D eigenvalue weighted by molar-refractivity contribution is -0.141. The number of amides is 3. The average molecular weight is 428 g/mol. The minimum Gasteiger partial charge on any atom is -0.493 e. The number of nitrogens with zero attached hydrogens (tertiary/aromatic N) is 2. The van der Waals surface area contributed by atoms with Crippen LogP contribution in [-0.4, -0.2) is 55.2 Å². The van der Waals surface area contributed by atoms with E-state index in [1.165, 1.54) is 4.90 Å². The van der Waals surface area contributed by atoms with Crippen molar-refractivity contribution >= 4 is 23.4 Å². The van der Waals surface area contributed by atoms with Crippen LogP contribution in [0.25, 0.3) is 0 Å². The van der Waals surface area contributed by atoms with Crippen LogP contribution in [0, 0.1) is 29.6 Å². The van der Waals surface area contributed by atoms with Gasteiger partial charge in [0.1, 0.15) is 6.10 Å². The molecule has 10 heteroatoms. The van der Waals surface area contributed by atoms with Gasteiger partial charge in [-0.05, 0) is 36.5 Å². The monoisotopic (exact) mass is 428 g/mol. The van der Waals surface area contributed by atoms with Crippen LogP contribution >= 0.6 is 0 Å². The number of fused-ring (bicyclic) bond motifs is 8. The Morgan fingerprint density at radius 1 is 1.16 bits per heavy atom. The molecule has 2 bridgehead atoms. The maximum absolute atomic E-state index is 13.2. The molecule has 4 aliphatic rings. The number of nitrogens with one attached hydrogen (secondary N) is 1. The van der Waals surface area contributed by atoms with Crippen LogP contribution < -0.4 is 20.7 Å². The quantitative estimate of drug-likeness (QED) is 0.279. The standard InChI is InChI=1S/C21H24N4O6/c1-29-12-4-3-9(7-13(12)30-2)5-6-25-20(27)14-10-8-11(15(14)21(25)28)18-16(10)17(24-31-18)19(26)23-22/h3-4,7,10-11,14-16,18H,5-6,8,22H2,1-2H3,(H,23,26)/t10-,11+,14-,15+,16+,18-/m0/s1. The fraction of sp³-hybridized carbons (Fsp3) is 0.524. The molecule has 5 rings (SSSR count). The van der Waals surface area contributed by atoms with Gasteiger partial charge < -0.3 is 14.3 Å². The van der Waals surface area contributed by atoms with Gasteiger partial charge in [0.15, 0.2) is 17.2 Å². The third-order valence-electron chi connectivity index (χ3n) is 7.22. The summed E-state index contributed by atoms with van der Waals surface area (Å²) in [4.78, 5) is 45.3. The van der Waals surface area contributed by atoms with E-state index in [1.54, 1.807) is 20.3 Å². The number of hydrogen-bond acceptors (Lipinski definition) is 8. The normalized spacial score (nSPS) is 32.5. The topological polar surface area (TPSA) is 133 Å². The van der Waals surface area contributed by atoms with Crippen molar-refractivity contribution in [3.05, 3.63) is 23.8 Å². The van der Waals surface area contributed by atoms with E-state index in [1.807, 2.05) is 12.1 Å². The number of carbonyl (C=O) groups excluding carboxylic acids is 3. The van der Waals surface area contributed by atoms with Crippen molar-refractivity contribution in [2.24, 2.45) is 40.6 Å². The van der Waals surface area contributed by atoms with Gasteiger partial charge in [-0.15, -0.1) is 0 Å². The molecule has 2 aliphatic heterocycles. The summed E-state index contributed by atoms with van der Waals surface area (Å²) < 4.78 is 10.6. The van der Waals surface area contributed by atoms with E-state index in [-0.39, 0.29) is 41.4 Å². The summed E-state index contributed by atoms with van der Waals surface area (Å²) >= 11 is 0. The van der Waals surface area contributed by atoms with Crippen LogP contribution in [0.5, 0.6) is 11.5 Å². The molecule has 164 valence electrons. The summed E-state index contributed by atoms with van der Waals surface area (Å²) in [6.45, 7) is 0.292. The van der Waals surface area contributed by atoms with Gasteiger partial charge in [0.2, 0.25) is 11.8 Å². The first-order valence-electron chi connectivity index (χ1n) is 10.3. The molecule has 0 radical (unpaired) electrons. The molecule has 2 saturated carbocycles. The number of hydrazine groups is 1. The Kier molecular flexibility index (Phi) is 4.62. The summed E-state index contributed by atoms with van der Waals surface area (Å²) in [5, 5.41) is 3.90. The number of likely N-dealkylation sites (tertiary alicyclic amines) is 1. The molecule has 2 aliphatic carbocycles. The van der Waals surface area contributed by atoms with Crippen molar-refractivity contribution in [2.75, 3.05) is 20.8 Å². The Morgan fingerprint density at radius 2 is 1.87 bits per heavy atom. The van der Waals surface area contributed by atoms with Crippen molar-refractivity contribution in [1.29, 1.82) is 0 Å². The van der Waals surface area contributed by atoms with Crippen molar-refractivity contribution in [2.45, 2.75) is 18.9 Å². The van der Waals surface area contributed by atoms with Gasteiger partial charge in [-0.2, -0.15) is 0 Å².